The smallest absolute Gasteiger partial charge is 0.326 e. The molecule has 0 aliphatic carbocycles. The summed E-state index contributed by atoms with van der Waals surface area (Å²) in [7, 11) is 0. The van der Waals surface area contributed by atoms with Crippen LogP contribution in [-0.2, 0) is 9.59 Å². The maximum absolute atomic E-state index is 12.7. The molecule has 1 heterocycles. The van der Waals surface area contributed by atoms with Crippen molar-refractivity contribution < 1.29 is 19.4 Å². The van der Waals surface area contributed by atoms with Crippen molar-refractivity contribution >= 4 is 58.0 Å². The van der Waals surface area contributed by atoms with Crippen molar-refractivity contribution in [1.82, 2.24) is 4.90 Å². The van der Waals surface area contributed by atoms with Crippen molar-refractivity contribution in [3.8, 4) is 5.75 Å². The van der Waals surface area contributed by atoms with E-state index in [4.69, 9.17) is 17.0 Å². The number of amides is 1. The Kier molecular flexibility index (Phi) is 7.34. The van der Waals surface area contributed by atoms with Crippen molar-refractivity contribution in [3.05, 3.63) is 34.7 Å². The fourth-order valence-electron chi connectivity index (χ4n) is 2.37. The average Bonchev–Trinajstić information content (AvgIpc) is 2.84. The van der Waals surface area contributed by atoms with E-state index in [-0.39, 0.29) is 10.2 Å². The van der Waals surface area contributed by atoms with Gasteiger partial charge in [0.05, 0.1) is 11.5 Å². The molecule has 1 N–H and O–H groups in total. The van der Waals surface area contributed by atoms with Gasteiger partial charge in [0.1, 0.15) is 16.1 Å². The second-order valence-electron chi connectivity index (χ2n) is 5.16. The predicted octanol–water partition coefficient (Wildman–Crippen LogP) is 3.49. The molecule has 1 aliphatic heterocycles. The van der Waals surface area contributed by atoms with Crippen LogP contribution in [0.5, 0.6) is 5.75 Å². The summed E-state index contributed by atoms with van der Waals surface area (Å²) >= 11 is 7.93. The number of ether oxygens (including phenoxy) is 1. The summed E-state index contributed by atoms with van der Waals surface area (Å²) in [5.41, 5.74) is 0.765. The quantitative estimate of drug-likeness (QED) is 0.532. The van der Waals surface area contributed by atoms with Crippen molar-refractivity contribution in [2.24, 2.45) is 0 Å². The molecule has 1 aromatic rings. The maximum atomic E-state index is 12.7. The Balaban J connectivity index is 2.30. The standard InChI is InChI=1S/C17H19NO4S3/c1-3-22-13-7-5-4-6-11(13)10-14-15(19)18(17(23)25-14)12(16(20)21)8-9-24-2/h4-7,10,12H,3,8-9H2,1-2H3,(H,20,21)/b14-10+/t12-/m0/s1. The first-order chi connectivity index (χ1) is 12.0. The third kappa shape index (κ3) is 4.77. The van der Waals surface area contributed by atoms with Gasteiger partial charge in [-0.15, -0.1) is 0 Å². The fourth-order valence-corrected chi connectivity index (χ4v) is 4.18. The third-order valence-electron chi connectivity index (χ3n) is 3.52. The van der Waals surface area contributed by atoms with Crippen LogP contribution >= 0.6 is 35.7 Å². The van der Waals surface area contributed by atoms with Crippen LogP contribution in [0.15, 0.2) is 29.2 Å². The van der Waals surface area contributed by atoms with E-state index in [1.165, 1.54) is 16.7 Å². The first kappa shape index (κ1) is 19.8. The van der Waals surface area contributed by atoms with E-state index in [0.29, 0.717) is 29.4 Å². The van der Waals surface area contributed by atoms with Crippen molar-refractivity contribution in [1.29, 1.82) is 0 Å². The largest absolute Gasteiger partial charge is 0.493 e. The molecule has 0 spiro atoms. The molecule has 1 aliphatic rings. The van der Waals surface area contributed by atoms with Gasteiger partial charge in [0.15, 0.2) is 0 Å². The molecule has 134 valence electrons. The summed E-state index contributed by atoms with van der Waals surface area (Å²) in [6.07, 6.45) is 3.96. The van der Waals surface area contributed by atoms with Gasteiger partial charge in [0, 0.05) is 5.56 Å². The molecule has 0 aromatic heterocycles. The predicted molar refractivity (Wildman–Crippen MR) is 107 cm³/mol. The number of carbonyl (C=O) groups excluding carboxylic acids is 1. The number of para-hydroxylation sites is 1. The summed E-state index contributed by atoms with van der Waals surface area (Å²) in [6, 6.07) is 6.45. The normalized spacial score (nSPS) is 17.2. The minimum absolute atomic E-state index is 0.277. The lowest BCUT2D eigenvalue weighted by atomic mass is 10.1. The van der Waals surface area contributed by atoms with Crippen LogP contribution in [0.1, 0.15) is 18.9 Å². The first-order valence-electron chi connectivity index (χ1n) is 7.70. The molecule has 0 radical (unpaired) electrons. The Bertz CT molecular complexity index is 705. The van der Waals surface area contributed by atoms with Crippen LogP contribution in [-0.4, -0.2) is 50.9 Å². The molecule has 25 heavy (non-hydrogen) atoms. The zero-order valence-corrected chi connectivity index (χ0v) is 16.4. The zero-order valence-electron chi connectivity index (χ0n) is 13.9. The number of carbonyl (C=O) groups is 2. The Morgan fingerprint density at radius 3 is 2.84 bits per heavy atom. The second kappa shape index (κ2) is 9.26. The van der Waals surface area contributed by atoms with Gasteiger partial charge < -0.3 is 9.84 Å². The van der Waals surface area contributed by atoms with E-state index < -0.39 is 12.0 Å². The molecule has 8 heteroatoms. The molecule has 5 nitrogen and oxygen atoms in total. The lowest BCUT2D eigenvalue weighted by molar-refractivity contribution is -0.145. The summed E-state index contributed by atoms with van der Waals surface area (Å²) in [4.78, 5) is 25.9. The third-order valence-corrected chi connectivity index (χ3v) is 5.50. The minimum atomic E-state index is -1.04. The molecular formula is C17H19NO4S3. The average molecular weight is 398 g/mol. The van der Waals surface area contributed by atoms with E-state index in [0.717, 1.165) is 17.3 Å². The van der Waals surface area contributed by atoms with Crippen molar-refractivity contribution in [2.75, 3.05) is 18.6 Å². The summed E-state index contributed by atoms with van der Waals surface area (Å²) < 4.78 is 5.84. The monoisotopic (exact) mass is 397 g/mol. The maximum Gasteiger partial charge on any atom is 0.326 e. The van der Waals surface area contributed by atoms with Gasteiger partial charge in [0.25, 0.3) is 5.91 Å². The lowest BCUT2D eigenvalue weighted by Crippen LogP contribution is -2.44. The van der Waals surface area contributed by atoms with E-state index in [9.17, 15) is 14.7 Å². The molecule has 1 saturated heterocycles. The molecule has 1 fully saturated rings. The van der Waals surface area contributed by atoms with E-state index >= 15 is 0 Å². The van der Waals surface area contributed by atoms with Gasteiger partial charge in [-0.25, -0.2) is 4.79 Å². The van der Waals surface area contributed by atoms with Crippen LogP contribution in [0.2, 0.25) is 0 Å². The Morgan fingerprint density at radius 1 is 1.48 bits per heavy atom. The fraction of sp³-hybridized carbons (Fsp3) is 0.353. The number of rotatable bonds is 8. The first-order valence-corrected chi connectivity index (χ1v) is 10.3. The van der Waals surface area contributed by atoms with Gasteiger partial charge in [0.2, 0.25) is 0 Å². The number of benzene rings is 1. The molecular weight excluding hydrogens is 378 g/mol. The second-order valence-corrected chi connectivity index (χ2v) is 7.82. The van der Waals surface area contributed by atoms with Crippen LogP contribution < -0.4 is 4.74 Å². The Morgan fingerprint density at radius 2 is 2.20 bits per heavy atom. The number of hydrogen-bond acceptors (Lipinski definition) is 6. The van der Waals surface area contributed by atoms with Gasteiger partial charge in [-0.1, -0.05) is 42.2 Å². The number of carboxylic acids is 1. The van der Waals surface area contributed by atoms with Gasteiger partial charge in [-0.2, -0.15) is 11.8 Å². The van der Waals surface area contributed by atoms with Crippen molar-refractivity contribution in [3.63, 3.8) is 0 Å². The van der Waals surface area contributed by atoms with Crippen LogP contribution in [0, 0.1) is 0 Å². The molecule has 0 unspecified atom stereocenters. The molecule has 0 bridgehead atoms. The Labute approximate surface area is 160 Å². The molecule has 2 rings (SSSR count). The Hall–Kier alpha value is -1.51. The summed E-state index contributed by atoms with van der Waals surface area (Å²) in [5.74, 6) is -0.0937. The highest BCUT2D eigenvalue weighted by atomic mass is 32.2. The number of thiocarbonyl (C=S) groups is 1. The zero-order chi connectivity index (χ0) is 18.4. The van der Waals surface area contributed by atoms with E-state index in [2.05, 4.69) is 0 Å². The SMILES string of the molecule is CCOc1ccccc1/C=C1/SC(=S)N([C@@H](CCSC)C(=O)O)C1=O. The van der Waals surface area contributed by atoms with Crippen molar-refractivity contribution in [2.45, 2.75) is 19.4 Å². The topological polar surface area (TPSA) is 66.8 Å². The van der Waals surface area contributed by atoms with Gasteiger partial charge in [-0.05, 0) is 37.5 Å². The number of thioether (sulfide) groups is 2. The summed E-state index contributed by atoms with van der Waals surface area (Å²) in [5, 5.41) is 9.47. The highest BCUT2D eigenvalue weighted by Gasteiger charge is 2.40. The molecule has 1 atom stereocenters. The van der Waals surface area contributed by atoms with E-state index in [1.54, 1.807) is 6.08 Å². The highest BCUT2D eigenvalue weighted by molar-refractivity contribution is 8.26. The summed E-state index contributed by atoms with van der Waals surface area (Å²) in [6.45, 7) is 2.40. The number of hydrogen-bond donors (Lipinski definition) is 1. The molecule has 0 saturated carbocycles. The van der Waals surface area contributed by atoms with Crippen LogP contribution in [0.3, 0.4) is 0 Å². The lowest BCUT2D eigenvalue weighted by Gasteiger charge is -2.22. The number of nitrogens with zero attached hydrogens (tertiary/aromatic N) is 1. The van der Waals surface area contributed by atoms with Crippen LogP contribution in [0.25, 0.3) is 6.08 Å². The molecule has 1 aromatic carbocycles. The van der Waals surface area contributed by atoms with Gasteiger partial charge in [-0.3, -0.25) is 9.69 Å². The van der Waals surface area contributed by atoms with Crippen LogP contribution in [0.4, 0.5) is 0 Å². The highest BCUT2D eigenvalue weighted by Crippen LogP contribution is 2.36. The van der Waals surface area contributed by atoms with Gasteiger partial charge >= 0.3 is 5.97 Å². The van der Waals surface area contributed by atoms with E-state index in [1.807, 2.05) is 37.4 Å². The minimum Gasteiger partial charge on any atom is -0.493 e. The number of carboxylic acid groups (broad SMARTS) is 1. The molecule has 1 amide bonds. The number of aliphatic carboxylic acids is 1.